The summed E-state index contributed by atoms with van der Waals surface area (Å²) in [4.78, 5) is 1.09. The first-order valence-electron chi connectivity index (χ1n) is 6.45. The molecule has 0 amide bonds. The molecule has 2 aromatic rings. The smallest absolute Gasteiger partial charge is 0.236 e. The molecule has 0 radical (unpaired) electrons. The fraction of sp³-hybridized carbons (Fsp3) is 0.200. The topological polar surface area (TPSA) is 72.2 Å². The Kier molecular flexibility index (Phi) is 5.27. The van der Waals surface area contributed by atoms with Gasteiger partial charge in [-0.2, -0.15) is 0 Å². The Morgan fingerprint density at radius 1 is 1.00 bits per heavy atom. The molecule has 3 N–H and O–H groups in total. The number of rotatable bonds is 6. The Bertz CT molecular complexity index is 625. The van der Waals surface area contributed by atoms with Crippen molar-refractivity contribution in [3.63, 3.8) is 0 Å². The average Bonchev–Trinajstić information content (AvgIpc) is 2.48. The van der Waals surface area contributed by atoms with E-state index < -0.39 is 10.0 Å². The normalized spacial score (nSPS) is 11.3. The van der Waals surface area contributed by atoms with Crippen LogP contribution in [0.1, 0.15) is 11.1 Å². The molecular formula is C15H18N2O2S2. The van der Waals surface area contributed by atoms with Crippen molar-refractivity contribution in [2.24, 2.45) is 5.73 Å². The summed E-state index contributed by atoms with van der Waals surface area (Å²) in [6, 6.07) is 14.6. The summed E-state index contributed by atoms with van der Waals surface area (Å²) >= 11 is 1.61. The molecule has 0 heterocycles. The van der Waals surface area contributed by atoms with Crippen LogP contribution in [0.5, 0.6) is 0 Å². The molecular weight excluding hydrogens is 304 g/mol. The number of nitrogens with one attached hydrogen (secondary N) is 1. The van der Waals surface area contributed by atoms with Gasteiger partial charge in [0.1, 0.15) is 0 Å². The van der Waals surface area contributed by atoms with Crippen molar-refractivity contribution < 1.29 is 8.42 Å². The van der Waals surface area contributed by atoms with Crippen molar-refractivity contribution in [1.82, 2.24) is 0 Å². The zero-order chi connectivity index (χ0) is 15.3. The van der Waals surface area contributed by atoms with Crippen LogP contribution in [-0.2, 0) is 22.3 Å². The van der Waals surface area contributed by atoms with Crippen LogP contribution in [-0.4, -0.2) is 14.7 Å². The Hall–Kier alpha value is -1.50. The fourth-order valence-electron chi connectivity index (χ4n) is 1.87. The van der Waals surface area contributed by atoms with Crippen molar-refractivity contribution in [3.8, 4) is 0 Å². The predicted molar refractivity (Wildman–Crippen MR) is 88.8 cm³/mol. The number of thioether (sulfide) groups is 1. The molecule has 0 aliphatic rings. The first kappa shape index (κ1) is 15.9. The molecule has 0 unspecified atom stereocenters. The monoisotopic (exact) mass is 322 g/mol. The molecule has 6 heteroatoms. The van der Waals surface area contributed by atoms with Crippen LogP contribution in [0.25, 0.3) is 0 Å². The fourth-order valence-corrected chi connectivity index (χ4v) is 3.47. The largest absolute Gasteiger partial charge is 0.326 e. The molecule has 0 aliphatic heterocycles. The molecule has 0 fully saturated rings. The highest BCUT2D eigenvalue weighted by atomic mass is 32.2. The van der Waals surface area contributed by atoms with Crippen LogP contribution in [0.3, 0.4) is 0 Å². The van der Waals surface area contributed by atoms with E-state index in [1.807, 2.05) is 30.5 Å². The van der Waals surface area contributed by atoms with Gasteiger partial charge >= 0.3 is 0 Å². The molecule has 0 aromatic heterocycles. The predicted octanol–water partition coefficient (Wildman–Crippen LogP) is 2.81. The van der Waals surface area contributed by atoms with Crippen LogP contribution in [0.2, 0.25) is 0 Å². The summed E-state index contributed by atoms with van der Waals surface area (Å²) in [6.07, 6.45) is 1.98. The minimum absolute atomic E-state index is 0.0534. The molecule has 2 aromatic carbocycles. The molecule has 112 valence electrons. The van der Waals surface area contributed by atoms with Gasteiger partial charge in [-0.1, -0.05) is 24.3 Å². The van der Waals surface area contributed by atoms with Gasteiger partial charge in [0, 0.05) is 17.1 Å². The molecule has 0 spiro atoms. The zero-order valence-corrected chi connectivity index (χ0v) is 13.4. The van der Waals surface area contributed by atoms with Crippen LogP contribution in [0.4, 0.5) is 5.69 Å². The van der Waals surface area contributed by atoms with Gasteiger partial charge in [0.15, 0.2) is 0 Å². The lowest BCUT2D eigenvalue weighted by Crippen LogP contribution is -2.15. The first-order valence-corrected chi connectivity index (χ1v) is 9.32. The Balaban J connectivity index is 2.06. The summed E-state index contributed by atoms with van der Waals surface area (Å²) in [5, 5.41) is 0. The van der Waals surface area contributed by atoms with Crippen LogP contribution in [0.15, 0.2) is 53.4 Å². The maximum Gasteiger partial charge on any atom is 0.236 e. The summed E-state index contributed by atoms with van der Waals surface area (Å²) in [5.41, 5.74) is 7.82. The van der Waals surface area contributed by atoms with E-state index in [4.69, 9.17) is 5.73 Å². The lowest BCUT2D eigenvalue weighted by atomic mass is 10.1. The third kappa shape index (κ3) is 4.77. The molecule has 21 heavy (non-hydrogen) atoms. The minimum atomic E-state index is -3.41. The van der Waals surface area contributed by atoms with Gasteiger partial charge in [-0.25, -0.2) is 8.42 Å². The van der Waals surface area contributed by atoms with Crippen LogP contribution >= 0.6 is 11.8 Å². The van der Waals surface area contributed by atoms with E-state index in [1.165, 1.54) is 0 Å². The van der Waals surface area contributed by atoms with Gasteiger partial charge in [-0.3, -0.25) is 4.72 Å². The van der Waals surface area contributed by atoms with E-state index in [9.17, 15) is 8.42 Å². The highest BCUT2D eigenvalue weighted by Gasteiger charge is 2.11. The lowest BCUT2D eigenvalue weighted by molar-refractivity contribution is 0.600. The van der Waals surface area contributed by atoms with Crippen LogP contribution in [0, 0.1) is 0 Å². The molecule has 0 saturated heterocycles. The maximum absolute atomic E-state index is 12.1. The third-order valence-electron chi connectivity index (χ3n) is 2.98. The Morgan fingerprint density at radius 2 is 1.57 bits per heavy atom. The average molecular weight is 322 g/mol. The summed E-state index contributed by atoms with van der Waals surface area (Å²) in [7, 11) is -3.41. The Morgan fingerprint density at radius 3 is 2.10 bits per heavy atom. The van der Waals surface area contributed by atoms with Crippen molar-refractivity contribution in [3.05, 3.63) is 59.7 Å². The third-order valence-corrected chi connectivity index (χ3v) is 4.98. The van der Waals surface area contributed by atoms with Crippen molar-refractivity contribution in [2.45, 2.75) is 17.2 Å². The number of anilines is 1. The highest BCUT2D eigenvalue weighted by Crippen LogP contribution is 2.19. The summed E-state index contributed by atoms with van der Waals surface area (Å²) in [6.45, 7) is 0.451. The second-order valence-electron chi connectivity index (χ2n) is 4.61. The zero-order valence-electron chi connectivity index (χ0n) is 11.7. The Labute approximate surface area is 129 Å². The van der Waals surface area contributed by atoms with Gasteiger partial charge in [-0.05, 0) is 41.6 Å². The molecule has 0 atom stereocenters. The number of nitrogens with two attached hydrogens (primary N) is 1. The SMILES string of the molecule is CSc1ccc(NS(=O)(=O)Cc2ccc(CN)cc2)cc1. The number of benzene rings is 2. The highest BCUT2D eigenvalue weighted by molar-refractivity contribution is 7.98. The van der Waals surface area contributed by atoms with Crippen molar-refractivity contribution in [1.29, 1.82) is 0 Å². The summed E-state index contributed by atoms with van der Waals surface area (Å²) in [5.74, 6) is -0.0534. The molecule has 0 bridgehead atoms. The standard InChI is InChI=1S/C15H18N2O2S2/c1-20-15-8-6-14(7-9-15)17-21(18,19)11-13-4-2-12(10-16)3-5-13/h2-9,17H,10-11,16H2,1H3. The quantitative estimate of drug-likeness (QED) is 0.802. The van der Waals surface area contributed by atoms with E-state index in [2.05, 4.69) is 4.72 Å². The lowest BCUT2D eigenvalue weighted by Gasteiger charge is -2.09. The first-order chi connectivity index (χ1) is 10.0. The van der Waals surface area contributed by atoms with E-state index >= 15 is 0 Å². The van der Waals surface area contributed by atoms with Crippen molar-refractivity contribution >= 4 is 27.5 Å². The molecule has 0 saturated carbocycles. The minimum Gasteiger partial charge on any atom is -0.326 e. The van der Waals surface area contributed by atoms with Crippen LogP contribution < -0.4 is 10.5 Å². The second kappa shape index (κ2) is 6.98. The molecule has 4 nitrogen and oxygen atoms in total. The van der Waals surface area contributed by atoms with E-state index in [0.29, 0.717) is 12.2 Å². The second-order valence-corrected chi connectivity index (χ2v) is 7.21. The van der Waals surface area contributed by atoms with Gasteiger partial charge in [0.2, 0.25) is 10.0 Å². The van der Waals surface area contributed by atoms with Gasteiger partial charge in [-0.15, -0.1) is 11.8 Å². The summed E-state index contributed by atoms with van der Waals surface area (Å²) < 4.78 is 26.9. The number of hydrogen-bond donors (Lipinski definition) is 2. The van der Waals surface area contributed by atoms with E-state index in [-0.39, 0.29) is 5.75 Å². The maximum atomic E-state index is 12.1. The molecule has 0 aliphatic carbocycles. The van der Waals surface area contributed by atoms with Gasteiger partial charge in [0.25, 0.3) is 0 Å². The van der Waals surface area contributed by atoms with Gasteiger partial charge in [0.05, 0.1) is 5.75 Å². The van der Waals surface area contributed by atoms with Crippen molar-refractivity contribution in [2.75, 3.05) is 11.0 Å². The number of sulfonamides is 1. The van der Waals surface area contributed by atoms with Gasteiger partial charge < -0.3 is 5.73 Å². The number of hydrogen-bond acceptors (Lipinski definition) is 4. The molecule has 2 rings (SSSR count). The van der Waals surface area contributed by atoms with E-state index in [1.54, 1.807) is 36.0 Å². The van der Waals surface area contributed by atoms with E-state index in [0.717, 1.165) is 16.0 Å².